The molecule has 0 aliphatic rings. The predicted molar refractivity (Wildman–Crippen MR) is 81.8 cm³/mol. The van der Waals surface area contributed by atoms with E-state index in [1.165, 1.54) is 0 Å². The van der Waals surface area contributed by atoms with Crippen molar-refractivity contribution in [2.24, 2.45) is 7.05 Å². The van der Waals surface area contributed by atoms with Gasteiger partial charge in [-0.1, -0.05) is 15.9 Å². The lowest BCUT2D eigenvalue weighted by Crippen LogP contribution is -2.18. The Balaban J connectivity index is 1.79. The molecule has 102 valence electrons. The van der Waals surface area contributed by atoms with Crippen LogP contribution in [0.4, 0.5) is 16.2 Å². The molecule has 0 spiro atoms. The summed E-state index contributed by atoms with van der Waals surface area (Å²) in [5, 5.41) is 10.5. The largest absolute Gasteiger partial charge is 0.359 e. The van der Waals surface area contributed by atoms with Crippen LogP contribution >= 0.6 is 15.9 Å². The van der Waals surface area contributed by atoms with E-state index in [1.54, 1.807) is 30.3 Å². The molecule has 0 fully saturated rings. The summed E-state index contributed by atoms with van der Waals surface area (Å²) in [6, 6.07) is 5.53. The third-order valence-electron chi connectivity index (χ3n) is 2.85. The molecule has 2 aromatic heterocycles. The third kappa shape index (κ3) is 2.53. The van der Waals surface area contributed by atoms with Crippen LogP contribution in [-0.2, 0) is 7.05 Å². The molecule has 1 aromatic carbocycles. The molecule has 0 aliphatic carbocycles. The Morgan fingerprint density at radius 1 is 1.40 bits per heavy atom. The van der Waals surface area contributed by atoms with Crippen molar-refractivity contribution in [1.82, 2.24) is 14.8 Å². The number of H-pyrrole nitrogens is 1. The van der Waals surface area contributed by atoms with Gasteiger partial charge in [0.25, 0.3) is 0 Å². The molecule has 0 unspecified atom stereocenters. The van der Waals surface area contributed by atoms with Gasteiger partial charge >= 0.3 is 6.03 Å². The molecule has 0 bridgehead atoms. The lowest BCUT2D eigenvalue weighted by Gasteiger charge is -2.04. The molecule has 2 amide bonds. The minimum absolute atomic E-state index is 0.307. The minimum Gasteiger partial charge on any atom is -0.359 e. The summed E-state index contributed by atoms with van der Waals surface area (Å²) in [5.41, 5.74) is 2.33. The summed E-state index contributed by atoms with van der Waals surface area (Å²) >= 11 is 3.42. The van der Waals surface area contributed by atoms with Gasteiger partial charge < -0.3 is 15.6 Å². The molecule has 0 radical (unpaired) electrons. The van der Waals surface area contributed by atoms with Gasteiger partial charge in [-0.3, -0.25) is 4.68 Å². The number of benzene rings is 1. The Labute approximate surface area is 123 Å². The van der Waals surface area contributed by atoms with Crippen LogP contribution in [0, 0.1) is 0 Å². The van der Waals surface area contributed by atoms with Crippen LogP contribution in [0.2, 0.25) is 0 Å². The van der Waals surface area contributed by atoms with Crippen LogP contribution in [0.25, 0.3) is 10.9 Å². The maximum atomic E-state index is 11.9. The number of aromatic nitrogens is 3. The fourth-order valence-corrected chi connectivity index (χ4v) is 2.33. The van der Waals surface area contributed by atoms with Crippen molar-refractivity contribution in [3.05, 3.63) is 41.3 Å². The van der Waals surface area contributed by atoms with E-state index in [0.29, 0.717) is 5.69 Å². The number of rotatable bonds is 2. The first-order valence-corrected chi connectivity index (χ1v) is 6.74. The zero-order valence-corrected chi connectivity index (χ0v) is 12.2. The van der Waals surface area contributed by atoms with Crippen molar-refractivity contribution >= 4 is 44.2 Å². The Hall–Kier alpha value is -2.28. The molecule has 7 heteroatoms. The number of aromatic amines is 1. The van der Waals surface area contributed by atoms with Crippen LogP contribution in [0.5, 0.6) is 0 Å². The molecule has 0 aliphatic heterocycles. The topological polar surface area (TPSA) is 74.7 Å². The summed E-state index contributed by atoms with van der Waals surface area (Å²) in [4.78, 5) is 15.0. The highest BCUT2D eigenvalue weighted by Crippen LogP contribution is 2.26. The second-order valence-corrected chi connectivity index (χ2v) is 5.29. The molecule has 0 saturated heterocycles. The van der Waals surface area contributed by atoms with Crippen LogP contribution in [0.15, 0.2) is 41.3 Å². The molecule has 20 heavy (non-hydrogen) atoms. The zero-order valence-electron chi connectivity index (χ0n) is 10.6. The van der Waals surface area contributed by atoms with E-state index in [0.717, 1.165) is 21.1 Å². The number of carbonyl (C=O) groups is 1. The zero-order chi connectivity index (χ0) is 14.1. The first kappa shape index (κ1) is 12.7. The van der Waals surface area contributed by atoms with Gasteiger partial charge in [0.15, 0.2) is 0 Å². The normalized spacial score (nSPS) is 10.7. The SMILES string of the molecule is Cn1cc(NC(=O)Nc2c[nH]c3ccc(Br)cc23)cn1. The number of fused-ring (bicyclic) bond motifs is 1. The van der Waals surface area contributed by atoms with Crippen molar-refractivity contribution in [3.8, 4) is 0 Å². The molecule has 0 saturated carbocycles. The molecule has 3 N–H and O–H groups in total. The number of urea groups is 1. The Morgan fingerprint density at radius 2 is 2.25 bits per heavy atom. The number of nitrogens with one attached hydrogen (secondary N) is 3. The standard InChI is InChI=1S/C13H12BrN5O/c1-19-7-9(5-16-19)17-13(20)18-12-6-15-11-3-2-8(14)4-10(11)12/h2-7,15H,1H3,(H2,17,18,20). The Morgan fingerprint density at radius 3 is 3.00 bits per heavy atom. The first-order chi connectivity index (χ1) is 9.61. The first-order valence-electron chi connectivity index (χ1n) is 5.95. The van der Waals surface area contributed by atoms with Gasteiger partial charge in [0.05, 0.1) is 17.6 Å². The van der Waals surface area contributed by atoms with Gasteiger partial charge in [-0.15, -0.1) is 0 Å². The lowest BCUT2D eigenvalue weighted by molar-refractivity contribution is 0.262. The Bertz CT molecular complexity index is 776. The highest BCUT2D eigenvalue weighted by atomic mass is 79.9. The molecule has 6 nitrogen and oxygen atoms in total. The summed E-state index contributed by atoms with van der Waals surface area (Å²) < 4.78 is 2.58. The number of aryl methyl sites for hydroxylation is 1. The van der Waals surface area contributed by atoms with Crippen molar-refractivity contribution in [2.45, 2.75) is 0 Å². The van der Waals surface area contributed by atoms with E-state index >= 15 is 0 Å². The molecular formula is C13H12BrN5O. The van der Waals surface area contributed by atoms with Crippen LogP contribution in [0.1, 0.15) is 0 Å². The molecule has 2 heterocycles. The molecule has 3 rings (SSSR count). The fourth-order valence-electron chi connectivity index (χ4n) is 1.97. The van der Waals surface area contributed by atoms with Crippen molar-refractivity contribution in [3.63, 3.8) is 0 Å². The van der Waals surface area contributed by atoms with E-state index in [2.05, 4.69) is 36.6 Å². The van der Waals surface area contributed by atoms with Crippen LogP contribution in [0.3, 0.4) is 0 Å². The average Bonchev–Trinajstić information content (AvgIpc) is 2.97. The smallest absolute Gasteiger partial charge is 0.323 e. The molecular weight excluding hydrogens is 322 g/mol. The molecule has 3 aromatic rings. The summed E-state index contributed by atoms with van der Waals surface area (Å²) in [6.45, 7) is 0. The number of carbonyl (C=O) groups excluding carboxylic acids is 1. The van der Waals surface area contributed by atoms with Crippen molar-refractivity contribution in [2.75, 3.05) is 10.6 Å². The van der Waals surface area contributed by atoms with Gasteiger partial charge in [0.2, 0.25) is 0 Å². The maximum absolute atomic E-state index is 11.9. The minimum atomic E-state index is -0.307. The second-order valence-electron chi connectivity index (χ2n) is 4.37. The van der Waals surface area contributed by atoms with Crippen LogP contribution < -0.4 is 10.6 Å². The fraction of sp³-hybridized carbons (Fsp3) is 0.0769. The third-order valence-corrected chi connectivity index (χ3v) is 3.35. The van der Waals surface area contributed by atoms with E-state index < -0.39 is 0 Å². The van der Waals surface area contributed by atoms with E-state index in [-0.39, 0.29) is 6.03 Å². The van der Waals surface area contributed by atoms with Gasteiger partial charge in [0, 0.05) is 34.8 Å². The van der Waals surface area contributed by atoms with E-state index in [1.807, 2.05) is 18.2 Å². The lowest BCUT2D eigenvalue weighted by atomic mass is 10.2. The monoisotopic (exact) mass is 333 g/mol. The second kappa shape index (κ2) is 5.01. The van der Waals surface area contributed by atoms with Crippen molar-refractivity contribution < 1.29 is 4.79 Å². The summed E-state index contributed by atoms with van der Waals surface area (Å²) in [6.07, 6.45) is 5.08. The van der Waals surface area contributed by atoms with Gasteiger partial charge in [-0.2, -0.15) is 5.10 Å². The highest BCUT2D eigenvalue weighted by Gasteiger charge is 2.08. The molecule has 0 atom stereocenters. The van der Waals surface area contributed by atoms with Gasteiger partial charge in [-0.25, -0.2) is 4.79 Å². The average molecular weight is 334 g/mol. The maximum Gasteiger partial charge on any atom is 0.323 e. The summed E-state index contributed by atoms with van der Waals surface area (Å²) in [5.74, 6) is 0. The van der Waals surface area contributed by atoms with E-state index in [4.69, 9.17) is 0 Å². The number of anilines is 2. The van der Waals surface area contributed by atoms with Crippen molar-refractivity contribution in [1.29, 1.82) is 0 Å². The number of hydrogen-bond acceptors (Lipinski definition) is 2. The summed E-state index contributed by atoms with van der Waals surface area (Å²) in [7, 11) is 1.79. The number of hydrogen-bond donors (Lipinski definition) is 3. The number of nitrogens with zero attached hydrogens (tertiary/aromatic N) is 2. The van der Waals surface area contributed by atoms with Gasteiger partial charge in [0.1, 0.15) is 0 Å². The van der Waals surface area contributed by atoms with Crippen LogP contribution in [-0.4, -0.2) is 20.8 Å². The quantitative estimate of drug-likeness (QED) is 0.673. The highest BCUT2D eigenvalue weighted by molar-refractivity contribution is 9.10. The van der Waals surface area contributed by atoms with E-state index in [9.17, 15) is 4.79 Å². The number of halogens is 1. The Kier molecular flexibility index (Phi) is 3.19. The predicted octanol–water partition coefficient (Wildman–Crippen LogP) is 3.31. The van der Waals surface area contributed by atoms with Gasteiger partial charge in [-0.05, 0) is 18.2 Å². The number of amides is 2.